The molecule has 2 aliphatic rings. The van der Waals surface area contributed by atoms with Crippen molar-refractivity contribution >= 4 is 47.4 Å². The number of hydrogen-bond acceptors (Lipinski definition) is 6. The minimum Gasteiger partial charge on any atom is -0.417 e. The molecule has 0 spiro atoms. The van der Waals surface area contributed by atoms with Crippen LogP contribution in [0.25, 0.3) is 0 Å². The van der Waals surface area contributed by atoms with Gasteiger partial charge in [-0.25, -0.2) is 12.6 Å². The molecule has 2 fully saturated rings. The quantitative estimate of drug-likeness (QED) is 0.0790. The van der Waals surface area contributed by atoms with Crippen molar-refractivity contribution in [2.45, 2.75) is 257 Å². The first-order valence-electron chi connectivity index (χ1n) is 22.6. The third-order valence-corrected chi connectivity index (χ3v) is 26.5. The second-order valence-electron chi connectivity index (χ2n) is 21.7. The fraction of sp³-hybridized carbons (Fsp3) is 1.00. The number of hydrogen-bond donors (Lipinski definition) is 1. The number of sulfonamides is 1. The molecule has 1 unspecified atom stereocenters. The highest BCUT2D eigenvalue weighted by Crippen LogP contribution is 2.37. The molecule has 2 aliphatic carbocycles. The summed E-state index contributed by atoms with van der Waals surface area (Å²) in [7, 11) is -2.40. The van der Waals surface area contributed by atoms with Crippen LogP contribution in [0.2, 0.25) is 36.3 Å². The van der Waals surface area contributed by atoms with E-state index < -0.39 is 41.4 Å². The molecule has 0 bridgehead atoms. The summed E-state index contributed by atoms with van der Waals surface area (Å²) in [6.45, 7) is 37.7. The molecule has 56 heavy (non-hydrogen) atoms. The Hall–Kier alpha value is 0.664. The minimum atomic E-state index is -3.26. The van der Waals surface area contributed by atoms with Gasteiger partial charge in [-0.3, -0.25) is 0 Å². The topological polar surface area (TPSA) is 84.9 Å². The molecule has 7 nitrogen and oxygen atoms in total. The first-order chi connectivity index (χ1) is 25.5. The standard InChI is InChI=1S/C22H47NO3SSi.C18H39NOSi.C4H9ClOS/c1-21(2,3)27(24,25)23(20-16-12-11-13-17-20)18-14-9-10-15-19-26-28(7,8)22(4,5)6;1-18(2,3)21(4,5)20-16-12-7-6-11-15-19-17-13-9-8-10-14-17;1-4(2,3)7(5)6/h20H,9-19H2,1-8H3;17,19H,6-16H2,1-5H3;1-3H3. The molecule has 0 aliphatic heterocycles. The van der Waals surface area contributed by atoms with Crippen LogP contribution in [0.4, 0.5) is 0 Å². The van der Waals surface area contributed by atoms with E-state index in [9.17, 15) is 12.6 Å². The molecule has 12 heteroatoms. The normalized spacial score (nSPS) is 17.9. The second kappa shape index (κ2) is 26.2. The van der Waals surface area contributed by atoms with E-state index in [0.29, 0.717) is 11.6 Å². The van der Waals surface area contributed by atoms with Gasteiger partial charge in [-0.1, -0.05) is 106 Å². The third-order valence-electron chi connectivity index (χ3n) is 12.5. The van der Waals surface area contributed by atoms with Crippen LogP contribution in [0, 0.1) is 0 Å². The van der Waals surface area contributed by atoms with Crippen LogP contribution in [0.1, 0.15) is 199 Å². The van der Waals surface area contributed by atoms with Crippen molar-refractivity contribution in [2.24, 2.45) is 0 Å². The van der Waals surface area contributed by atoms with E-state index in [-0.39, 0.29) is 15.8 Å². The largest absolute Gasteiger partial charge is 0.417 e. The van der Waals surface area contributed by atoms with Gasteiger partial charge in [0, 0.05) is 31.8 Å². The number of nitrogens with zero attached hydrogens (tertiary/aromatic N) is 1. The molecular weight excluding hydrogens is 792 g/mol. The Morgan fingerprint density at radius 2 is 1.00 bits per heavy atom. The maximum atomic E-state index is 13.1. The molecule has 1 N–H and O–H groups in total. The molecule has 0 saturated heterocycles. The van der Waals surface area contributed by atoms with Crippen molar-refractivity contribution in [2.75, 3.05) is 26.3 Å². The van der Waals surface area contributed by atoms with Crippen LogP contribution in [0.3, 0.4) is 0 Å². The molecule has 2 rings (SSSR count). The molecular formula is C44H95ClN2O5S2Si2. The van der Waals surface area contributed by atoms with Gasteiger partial charge in [0.15, 0.2) is 16.6 Å². The summed E-state index contributed by atoms with van der Waals surface area (Å²) in [5.74, 6) is 0. The predicted octanol–water partition coefficient (Wildman–Crippen LogP) is 13.5. The van der Waals surface area contributed by atoms with Gasteiger partial charge in [0.05, 0.1) is 9.49 Å². The zero-order valence-corrected chi connectivity index (χ0v) is 44.3. The van der Waals surface area contributed by atoms with Crippen LogP contribution >= 0.6 is 10.7 Å². The molecule has 0 radical (unpaired) electrons. The van der Waals surface area contributed by atoms with Crippen LogP contribution < -0.4 is 5.32 Å². The minimum absolute atomic E-state index is 0.208. The molecule has 1 atom stereocenters. The van der Waals surface area contributed by atoms with E-state index in [2.05, 4.69) is 73.0 Å². The summed E-state index contributed by atoms with van der Waals surface area (Å²) >= 11 is 0. The van der Waals surface area contributed by atoms with Crippen molar-refractivity contribution in [1.29, 1.82) is 0 Å². The Bertz CT molecular complexity index is 1160. The lowest BCUT2D eigenvalue weighted by Gasteiger charge is -2.37. The summed E-state index contributed by atoms with van der Waals surface area (Å²) in [6.07, 6.45) is 22.2. The average molecular weight is 888 g/mol. The number of halogens is 1. The first-order valence-corrected chi connectivity index (χ1v) is 31.8. The fourth-order valence-electron chi connectivity index (χ4n) is 6.22. The van der Waals surface area contributed by atoms with E-state index in [0.717, 1.165) is 70.6 Å². The van der Waals surface area contributed by atoms with E-state index in [1.54, 1.807) is 0 Å². The first kappa shape index (κ1) is 56.7. The Morgan fingerprint density at radius 3 is 1.38 bits per heavy atom. The van der Waals surface area contributed by atoms with Gasteiger partial charge >= 0.3 is 0 Å². The van der Waals surface area contributed by atoms with Crippen LogP contribution in [-0.2, 0) is 28.9 Å². The van der Waals surface area contributed by atoms with Crippen molar-refractivity contribution < 1.29 is 21.5 Å². The van der Waals surface area contributed by atoms with Gasteiger partial charge < -0.3 is 14.2 Å². The summed E-state index contributed by atoms with van der Waals surface area (Å²) in [6, 6.07) is 1.03. The average Bonchev–Trinajstić information content (AvgIpc) is 3.06. The second-order valence-corrected chi connectivity index (χ2v) is 36.5. The Kier molecular flexibility index (Phi) is 26.5. The highest BCUT2D eigenvalue weighted by molar-refractivity contribution is 8.09. The smallest absolute Gasteiger partial charge is 0.219 e. The van der Waals surface area contributed by atoms with Gasteiger partial charge in [0.1, 0.15) is 10.0 Å². The Morgan fingerprint density at radius 1 is 0.625 bits per heavy atom. The predicted molar refractivity (Wildman–Crippen MR) is 254 cm³/mol. The monoisotopic (exact) mass is 887 g/mol. The van der Waals surface area contributed by atoms with Gasteiger partial charge in [-0.15, -0.1) is 0 Å². The van der Waals surface area contributed by atoms with Gasteiger partial charge in [-0.2, -0.15) is 4.31 Å². The third kappa shape index (κ3) is 23.0. The fourth-order valence-corrected chi connectivity index (χ4v) is 10.1. The van der Waals surface area contributed by atoms with Crippen LogP contribution in [0.5, 0.6) is 0 Å². The lowest BCUT2D eigenvalue weighted by Crippen LogP contribution is -2.49. The molecule has 0 amide bonds. The summed E-state index contributed by atoms with van der Waals surface area (Å²) in [5, 5.41) is 4.34. The van der Waals surface area contributed by atoms with E-state index >= 15 is 0 Å². The number of unbranched alkanes of at least 4 members (excludes halogenated alkanes) is 6. The Balaban J connectivity index is 0.000000947. The lowest BCUT2D eigenvalue weighted by molar-refractivity contribution is 0.241. The van der Waals surface area contributed by atoms with E-state index in [1.807, 2.05) is 45.8 Å². The molecule has 0 aromatic carbocycles. The maximum absolute atomic E-state index is 13.1. The number of nitrogens with one attached hydrogen (secondary N) is 1. The SMILES string of the molecule is CC(C)(C)S(=O)Cl.CC(C)(C)[Si](C)(C)OCCCCCCN(C1CCCCC1)S(=O)(=O)C(C)(C)C.CC(C)(C)[Si](C)(C)OCCCCCCNC1CCCCC1. The zero-order chi connectivity index (χ0) is 43.5. The highest BCUT2D eigenvalue weighted by atomic mass is 35.7. The lowest BCUT2D eigenvalue weighted by atomic mass is 9.95. The highest BCUT2D eigenvalue weighted by Gasteiger charge is 2.40. The Labute approximate surface area is 359 Å². The van der Waals surface area contributed by atoms with Crippen LogP contribution in [0.15, 0.2) is 0 Å². The van der Waals surface area contributed by atoms with Crippen molar-refractivity contribution in [3.8, 4) is 0 Å². The molecule has 0 heterocycles. The van der Waals surface area contributed by atoms with Gasteiger partial charge in [-0.05, 0) is 146 Å². The van der Waals surface area contributed by atoms with Gasteiger partial charge in [0.25, 0.3) is 0 Å². The molecule has 338 valence electrons. The summed E-state index contributed by atoms with van der Waals surface area (Å²) < 4.78 is 50.0. The maximum Gasteiger partial charge on any atom is 0.219 e. The van der Waals surface area contributed by atoms with Crippen molar-refractivity contribution in [3.63, 3.8) is 0 Å². The number of rotatable bonds is 19. The van der Waals surface area contributed by atoms with Crippen molar-refractivity contribution in [1.82, 2.24) is 9.62 Å². The van der Waals surface area contributed by atoms with Crippen molar-refractivity contribution in [3.05, 3.63) is 0 Å². The summed E-state index contributed by atoms with van der Waals surface area (Å²) in [4.78, 5) is 0. The molecule has 2 saturated carbocycles. The zero-order valence-electron chi connectivity index (χ0n) is 39.9. The summed E-state index contributed by atoms with van der Waals surface area (Å²) in [5.41, 5.74) is 0. The molecule has 0 aromatic rings. The molecule has 0 aromatic heterocycles. The van der Waals surface area contributed by atoms with E-state index in [4.69, 9.17) is 19.5 Å². The van der Waals surface area contributed by atoms with Gasteiger partial charge in [0.2, 0.25) is 10.0 Å². The van der Waals surface area contributed by atoms with Crippen LogP contribution in [-0.4, -0.2) is 81.4 Å². The van der Waals surface area contributed by atoms with E-state index in [1.165, 1.54) is 70.8 Å².